The third-order valence-corrected chi connectivity index (χ3v) is 3.02. The molecule has 6 heteroatoms. The van der Waals surface area contributed by atoms with Crippen molar-refractivity contribution in [3.63, 3.8) is 0 Å². The lowest BCUT2D eigenvalue weighted by molar-refractivity contribution is 0.0760. The highest BCUT2D eigenvalue weighted by Crippen LogP contribution is 1.99. The van der Waals surface area contributed by atoms with E-state index in [2.05, 4.69) is 0 Å². The van der Waals surface area contributed by atoms with Gasteiger partial charge in [0, 0.05) is 14.1 Å². The zero-order chi connectivity index (χ0) is 11.3. The molecule has 0 aromatic heterocycles. The van der Waals surface area contributed by atoms with Crippen LogP contribution in [0.3, 0.4) is 0 Å². The molecule has 0 unspecified atom stereocenters. The summed E-state index contributed by atoms with van der Waals surface area (Å²) >= 11 is 0. The van der Waals surface area contributed by atoms with Gasteiger partial charge in [-0.1, -0.05) is 35.2 Å². The Bertz CT molecular complexity index is 389. The Labute approximate surface area is 89.8 Å². The molecule has 0 spiro atoms. The van der Waals surface area contributed by atoms with E-state index in [1.165, 1.54) is 14.1 Å². The first-order valence-electron chi connectivity index (χ1n) is 4.37. The Morgan fingerprint density at radius 3 is 2.40 bits per heavy atom. The van der Waals surface area contributed by atoms with Gasteiger partial charge in [0.1, 0.15) is 0 Å². The summed E-state index contributed by atoms with van der Waals surface area (Å²) in [6, 6.07) is 9.31. The predicted molar refractivity (Wildman–Crippen MR) is 57.0 cm³/mol. The Hall–Kier alpha value is -0.950. The molecule has 84 valence electrons. The molecular formula is C9H14N2O3S. The molecule has 0 radical (unpaired) electrons. The monoisotopic (exact) mass is 230 g/mol. The van der Waals surface area contributed by atoms with Crippen LogP contribution in [0.2, 0.25) is 0 Å². The van der Waals surface area contributed by atoms with E-state index in [4.69, 9.17) is 4.84 Å². The molecule has 0 fully saturated rings. The summed E-state index contributed by atoms with van der Waals surface area (Å²) in [5, 5.41) is 0. The van der Waals surface area contributed by atoms with Crippen molar-refractivity contribution in [2.24, 2.45) is 0 Å². The fourth-order valence-electron chi connectivity index (χ4n) is 0.836. The highest BCUT2D eigenvalue weighted by Gasteiger charge is 2.12. The van der Waals surface area contributed by atoms with Crippen LogP contribution >= 0.6 is 0 Å². The van der Waals surface area contributed by atoms with Crippen molar-refractivity contribution in [2.75, 3.05) is 14.1 Å². The van der Waals surface area contributed by atoms with Crippen LogP contribution in [0.25, 0.3) is 0 Å². The van der Waals surface area contributed by atoms with Gasteiger partial charge in [-0.05, 0) is 5.56 Å². The Balaban J connectivity index is 2.41. The average molecular weight is 230 g/mol. The van der Waals surface area contributed by atoms with Gasteiger partial charge < -0.3 is 0 Å². The van der Waals surface area contributed by atoms with E-state index in [0.29, 0.717) is 0 Å². The van der Waals surface area contributed by atoms with Gasteiger partial charge in [0.15, 0.2) is 0 Å². The Morgan fingerprint density at radius 1 is 1.27 bits per heavy atom. The maximum absolute atomic E-state index is 11.2. The van der Waals surface area contributed by atoms with Crippen LogP contribution in [-0.2, 0) is 21.7 Å². The van der Waals surface area contributed by atoms with Gasteiger partial charge >= 0.3 is 10.2 Å². The standard InChI is InChI=1S/C9H14N2O3S/c1-11(2)15(12,13)10-14-8-9-6-4-3-5-7-9/h3-7,10H,8H2,1-2H3. The van der Waals surface area contributed by atoms with E-state index >= 15 is 0 Å². The van der Waals surface area contributed by atoms with Gasteiger partial charge in [0.25, 0.3) is 0 Å². The second-order valence-electron chi connectivity index (χ2n) is 3.15. The zero-order valence-electron chi connectivity index (χ0n) is 8.67. The molecule has 1 rings (SSSR count). The third-order valence-electron chi connectivity index (χ3n) is 1.73. The van der Waals surface area contributed by atoms with E-state index in [1.54, 1.807) is 0 Å². The third kappa shape index (κ3) is 3.96. The normalized spacial score (nSPS) is 11.9. The largest absolute Gasteiger partial charge is 0.301 e. The summed E-state index contributed by atoms with van der Waals surface area (Å²) in [4.78, 5) is 6.87. The minimum atomic E-state index is -3.51. The Kier molecular flexibility index (Phi) is 4.22. The van der Waals surface area contributed by atoms with Gasteiger partial charge in [0.05, 0.1) is 6.61 Å². The molecule has 1 aromatic rings. The van der Waals surface area contributed by atoms with Crippen molar-refractivity contribution < 1.29 is 13.3 Å². The number of nitrogens with zero attached hydrogens (tertiary/aromatic N) is 1. The second-order valence-corrected chi connectivity index (χ2v) is 4.99. The number of hydrogen-bond acceptors (Lipinski definition) is 3. The van der Waals surface area contributed by atoms with Crippen molar-refractivity contribution in [3.05, 3.63) is 35.9 Å². The molecule has 15 heavy (non-hydrogen) atoms. The first kappa shape index (κ1) is 12.1. The SMILES string of the molecule is CN(C)S(=O)(=O)NOCc1ccccc1. The first-order chi connectivity index (χ1) is 7.02. The molecule has 5 nitrogen and oxygen atoms in total. The molecule has 0 saturated heterocycles. The summed E-state index contributed by atoms with van der Waals surface area (Å²) in [7, 11) is -0.658. The summed E-state index contributed by atoms with van der Waals surface area (Å²) in [6.45, 7) is 0.202. The molecule has 0 aliphatic heterocycles. The summed E-state index contributed by atoms with van der Waals surface area (Å²) < 4.78 is 23.5. The molecule has 0 saturated carbocycles. The quantitative estimate of drug-likeness (QED) is 0.750. The van der Waals surface area contributed by atoms with Gasteiger partial charge in [-0.2, -0.15) is 12.7 Å². The predicted octanol–water partition coefficient (Wildman–Crippen LogP) is 0.514. The van der Waals surface area contributed by atoms with Gasteiger partial charge in [0.2, 0.25) is 0 Å². The molecule has 0 amide bonds. The average Bonchev–Trinajstić information content (AvgIpc) is 2.19. The van der Waals surface area contributed by atoms with E-state index in [0.717, 1.165) is 9.87 Å². The molecule has 0 heterocycles. The number of benzene rings is 1. The summed E-state index contributed by atoms with van der Waals surface area (Å²) in [5.74, 6) is 0. The highest BCUT2D eigenvalue weighted by atomic mass is 32.2. The van der Waals surface area contributed by atoms with Crippen molar-refractivity contribution in [1.82, 2.24) is 9.19 Å². The van der Waals surface area contributed by atoms with E-state index in [-0.39, 0.29) is 6.61 Å². The van der Waals surface area contributed by atoms with Gasteiger partial charge in [-0.15, -0.1) is 0 Å². The summed E-state index contributed by atoms with van der Waals surface area (Å²) in [6.07, 6.45) is 0. The van der Waals surface area contributed by atoms with Crippen LogP contribution < -0.4 is 4.89 Å². The minimum absolute atomic E-state index is 0.202. The fourth-order valence-corrected chi connectivity index (χ4v) is 1.19. The van der Waals surface area contributed by atoms with Crippen LogP contribution in [0.15, 0.2) is 30.3 Å². The Morgan fingerprint density at radius 2 is 1.87 bits per heavy atom. The van der Waals surface area contributed by atoms with Crippen molar-refractivity contribution in [1.29, 1.82) is 0 Å². The highest BCUT2D eigenvalue weighted by molar-refractivity contribution is 7.86. The molecule has 0 aliphatic rings. The number of rotatable bonds is 5. The van der Waals surface area contributed by atoms with E-state index < -0.39 is 10.2 Å². The first-order valence-corrected chi connectivity index (χ1v) is 5.81. The molecule has 1 aromatic carbocycles. The van der Waals surface area contributed by atoms with Crippen LogP contribution in [-0.4, -0.2) is 26.8 Å². The second kappa shape index (κ2) is 5.22. The van der Waals surface area contributed by atoms with Gasteiger partial charge in [-0.25, -0.2) is 0 Å². The molecule has 0 atom stereocenters. The van der Waals surface area contributed by atoms with Crippen LogP contribution in [0, 0.1) is 0 Å². The molecular weight excluding hydrogens is 216 g/mol. The maximum Gasteiger partial charge on any atom is 0.301 e. The van der Waals surface area contributed by atoms with Crippen molar-refractivity contribution in [2.45, 2.75) is 6.61 Å². The lowest BCUT2D eigenvalue weighted by atomic mass is 10.2. The van der Waals surface area contributed by atoms with E-state index in [1.807, 2.05) is 35.2 Å². The zero-order valence-corrected chi connectivity index (χ0v) is 9.49. The maximum atomic E-state index is 11.2. The van der Waals surface area contributed by atoms with E-state index in [9.17, 15) is 8.42 Å². The summed E-state index contributed by atoms with van der Waals surface area (Å²) in [5.41, 5.74) is 0.902. The van der Waals surface area contributed by atoms with Crippen LogP contribution in [0.4, 0.5) is 0 Å². The molecule has 1 N–H and O–H groups in total. The number of hydrogen-bond donors (Lipinski definition) is 1. The smallest absolute Gasteiger partial charge is 0.281 e. The molecule has 0 aliphatic carbocycles. The lowest BCUT2D eigenvalue weighted by Gasteiger charge is -2.11. The topological polar surface area (TPSA) is 58.6 Å². The van der Waals surface area contributed by atoms with Crippen LogP contribution in [0.5, 0.6) is 0 Å². The fraction of sp³-hybridized carbons (Fsp3) is 0.333. The van der Waals surface area contributed by atoms with Crippen molar-refractivity contribution in [3.8, 4) is 0 Å². The minimum Gasteiger partial charge on any atom is -0.281 e. The number of nitrogens with one attached hydrogen (secondary N) is 1. The lowest BCUT2D eigenvalue weighted by Crippen LogP contribution is -2.35. The van der Waals surface area contributed by atoms with Crippen LogP contribution in [0.1, 0.15) is 5.56 Å². The van der Waals surface area contributed by atoms with Gasteiger partial charge in [-0.3, -0.25) is 4.84 Å². The molecule has 0 bridgehead atoms. The van der Waals surface area contributed by atoms with Crippen molar-refractivity contribution >= 4 is 10.2 Å².